The average molecular weight is 251 g/mol. The number of likely N-dealkylation sites (tertiary alicyclic amines) is 1. The number of halogens is 1. The molecule has 0 aromatic carbocycles. The molecule has 2 atom stereocenters. The molecule has 0 radical (unpaired) electrons. The zero-order valence-electron chi connectivity index (χ0n) is 10.1. The lowest BCUT2D eigenvalue weighted by Crippen LogP contribution is -2.41. The number of pyridine rings is 1. The zero-order valence-corrected chi connectivity index (χ0v) is 10.9. The maximum atomic E-state index is 5.82. The summed E-state index contributed by atoms with van der Waals surface area (Å²) < 4.78 is 0. The summed E-state index contributed by atoms with van der Waals surface area (Å²) in [6.45, 7) is 2.30. The van der Waals surface area contributed by atoms with Crippen LogP contribution in [0.3, 0.4) is 0 Å². The fourth-order valence-corrected chi connectivity index (χ4v) is 3.60. The zero-order chi connectivity index (χ0) is 11.7. The van der Waals surface area contributed by atoms with Crippen molar-refractivity contribution >= 4 is 11.6 Å². The molecule has 3 heteroatoms. The number of hydrogen-bond donors (Lipinski definition) is 0. The van der Waals surface area contributed by atoms with Gasteiger partial charge < -0.3 is 0 Å². The largest absolute Gasteiger partial charge is 0.296 e. The molecule has 1 aromatic heterocycles. The van der Waals surface area contributed by atoms with Crippen molar-refractivity contribution in [3.8, 4) is 0 Å². The number of piperidine rings is 1. The predicted octanol–water partition coefficient (Wildman–Crippen LogP) is 3.50. The molecular formula is C14H19ClN2. The van der Waals surface area contributed by atoms with Crippen LogP contribution in [0.25, 0.3) is 0 Å². The van der Waals surface area contributed by atoms with Crippen LogP contribution >= 0.6 is 11.6 Å². The van der Waals surface area contributed by atoms with Crippen molar-refractivity contribution in [3.63, 3.8) is 0 Å². The van der Waals surface area contributed by atoms with Crippen LogP contribution in [0.1, 0.15) is 37.7 Å². The van der Waals surface area contributed by atoms with Crippen LogP contribution in [-0.4, -0.2) is 22.5 Å². The van der Waals surface area contributed by atoms with E-state index in [1.165, 1.54) is 44.2 Å². The number of fused-ring (bicyclic) bond motifs is 1. The molecule has 2 aliphatic rings. The molecule has 0 bridgehead atoms. The molecule has 2 nitrogen and oxygen atoms in total. The average Bonchev–Trinajstić information content (AvgIpc) is 2.81. The lowest BCUT2D eigenvalue weighted by molar-refractivity contribution is 0.106. The van der Waals surface area contributed by atoms with E-state index in [1.54, 1.807) is 0 Å². The van der Waals surface area contributed by atoms with Gasteiger partial charge in [-0.2, -0.15) is 0 Å². The third kappa shape index (κ3) is 2.48. The number of aromatic nitrogens is 1. The van der Waals surface area contributed by atoms with Gasteiger partial charge in [0.1, 0.15) is 5.15 Å². The highest BCUT2D eigenvalue weighted by Crippen LogP contribution is 2.37. The fourth-order valence-electron chi connectivity index (χ4n) is 3.49. The van der Waals surface area contributed by atoms with Crippen molar-refractivity contribution in [2.75, 3.05) is 6.54 Å². The standard InChI is InChI=1S/C14H19ClN2/c15-14-7-6-11(9-16-14)10-17-8-2-4-12-3-1-5-13(12)17/h6-7,9,12-13H,1-5,8,10H2. The van der Waals surface area contributed by atoms with Crippen molar-refractivity contribution < 1.29 is 0 Å². The van der Waals surface area contributed by atoms with Crippen LogP contribution in [0.5, 0.6) is 0 Å². The number of nitrogens with zero attached hydrogens (tertiary/aromatic N) is 2. The van der Waals surface area contributed by atoms with Gasteiger partial charge in [0.2, 0.25) is 0 Å². The Morgan fingerprint density at radius 2 is 2.12 bits per heavy atom. The normalized spacial score (nSPS) is 29.2. The Kier molecular flexibility index (Phi) is 3.34. The Morgan fingerprint density at radius 1 is 1.24 bits per heavy atom. The molecular weight excluding hydrogens is 232 g/mol. The molecule has 3 rings (SSSR count). The fraction of sp³-hybridized carbons (Fsp3) is 0.643. The SMILES string of the molecule is Clc1ccc(CN2CCCC3CCCC32)cn1. The molecule has 2 unspecified atom stereocenters. The molecule has 0 spiro atoms. The van der Waals surface area contributed by atoms with Gasteiger partial charge in [-0.15, -0.1) is 0 Å². The Morgan fingerprint density at radius 3 is 2.94 bits per heavy atom. The molecule has 0 amide bonds. The third-order valence-electron chi connectivity index (χ3n) is 4.28. The van der Waals surface area contributed by atoms with E-state index >= 15 is 0 Å². The van der Waals surface area contributed by atoms with E-state index in [4.69, 9.17) is 11.6 Å². The molecule has 1 saturated carbocycles. The highest BCUT2D eigenvalue weighted by Gasteiger charge is 2.34. The van der Waals surface area contributed by atoms with Gasteiger partial charge in [-0.05, 0) is 49.8 Å². The van der Waals surface area contributed by atoms with E-state index in [0.717, 1.165) is 18.5 Å². The van der Waals surface area contributed by atoms with Crippen LogP contribution < -0.4 is 0 Å². The van der Waals surface area contributed by atoms with E-state index in [-0.39, 0.29) is 0 Å². The summed E-state index contributed by atoms with van der Waals surface area (Å²) in [5.41, 5.74) is 1.29. The molecule has 0 N–H and O–H groups in total. The van der Waals surface area contributed by atoms with Crippen LogP contribution in [0, 0.1) is 5.92 Å². The first-order chi connectivity index (χ1) is 8.33. The van der Waals surface area contributed by atoms with Gasteiger partial charge in [-0.3, -0.25) is 4.90 Å². The predicted molar refractivity (Wildman–Crippen MR) is 70.0 cm³/mol. The lowest BCUT2D eigenvalue weighted by atomic mass is 9.92. The Bertz CT molecular complexity index is 376. The highest BCUT2D eigenvalue weighted by atomic mass is 35.5. The van der Waals surface area contributed by atoms with Gasteiger partial charge in [-0.25, -0.2) is 4.98 Å². The Balaban J connectivity index is 1.69. The molecule has 17 heavy (non-hydrogen) atoms. The van der Waals surface area contributed by atoms with E-state index in [0.29, 0.717) is 5.15 Å². The Hall–Kier alpha value is -0.600. The van der Waals surface area contributed by atoms with Gasteiger partial charge in [0, 0.05) is 18.8 Å². The minimum Gasteiger partial charge on any atom is -0.296 e. The van der Waals surface area contributed by atoms with Crippen molar-refractivity contribution in [2.45, 2.75) is 44.7 Å². The summed E-state index contributed by atoms with van der Waals surface area (Å²) in [5.74, 6) is 0.962. The van der Waals surface area contributed by atoms with Crippen molar-refractivity contribution in [3.05, 3.63) is 29.0 Å². The van der Waals surface area contributed by atoms with Crippen LogP contribution in [0.15, 0.2) is 18.3 Å². The second-order valence-corrected chi connectivity index (χ2v) is 5.75. The van der Waals surface area contributed by atoms with Crippen molar-refractivity contribution in [1.29, 1.82) is 0 Å². The second kappa shape index (κ2) is 4.95. The molecule has 1 saturated heterocycles. The summed E-state index contributed by atoms with van der Waals surface area (Å²) in [5, 5.41) is 0.589. The van der Waals surface area contributed by atoms with Crippen LogP contribution in [-0.2, 0) is 6.54 Å². The first-order valence-corrected chi connectivity index (χ1v) is 7.05. The van der Waals surface area contributed by atoms with E-state index in [2.05, 4.69) is 16.0 Å². The molecule has 1 aliphatic carbocycles. The maximum Gasteiger partial charge on any atom is 0.129 e. The first-order valence-electron chi connectivity index (χ1n) is 6.67. The Labute approximate surface area is 108 Å². The van der Waals surface area contributed by atoms with E-state index in [1.807, 2.05) is 12.3 Å². The van der Waals surface area contributed by atoms with Crippen molar-refractivity contribution in [2.24, 2.45) is 5.92 Å². The van der Waals surface area contributed by atoms with Crippen molar-refractivity contribution in [1.82, 2.24) is 9.88 Å². The minimum atomic E-state index is 0.589. The summed E-state index contributed by atoms with van der Waals surface area (Å²) in [6, 6.07) is 4.83. The molecule has 2 heterocycles. The van der Waals surface area contributed by atoms with Crippen LogP contribution in [0.2, 0.25) is 5.15 Å². The maximum absolute atomic E-state index is 5.82. The van der Waals surface area contributed by atoms with Gasteiger partial charge >= 0.3 is 0 Å². The molecule has 2 fully saturated rings. The monoisotopic (exact) mass is 250 g/mol. The lowest BCUT2D eigenvalue weighted by Gasteiger charge is -2.37. The van der Waals surface area contributed by atoms with Crippen LogP contribution in [0.4, 0.5) is 0 Å². The van der Waals surface area contributed by atoms with Gasteiger partial charge in [0.05, 0.1) is 0 Å². The molecule has 92 valence electrons. The van der Waals surface area contributed by atoms with Gasteiger partial charge in [0.25, 0.3) is 0 Å². The van der Waals surface area contributed by atoms with E-state index < -0.39 is 0 Å². The number of hydrogen-bond acceptors (Lipinski definition) is 2. The third-order valence-corrected chi connectivity index (χ3v) is 4.51. The van der Waals surface area contributed by atoms with Gasteiger partial charge in [0.15, 0.2) is 0 Å². The minimum absolute atomic E-state index is 0.589. The summed E-state index contributed by atoms with van der Waals surface area (Å²) in [6.07, 6.45) is 8.99. The topological polar surface area (TPSA) is 16.1 Å². The quantitative estimate of drug-likeness (QED) is 0.747. The summed E-state index contributed by atoms with van der Waals surface area (Å²) in [7, 11) is 0. The van der Waals surface area contributed by atoms with Gasteiger partial charge in [-0.1, -0.05) is 24.1 Å². The van der Waals surface area contributed by atoms with E-state index in [9.17, 15) is 0 Å². The molecule has 1 aromatic rings. The smallest absolute Gasteiger partial charge is 0.129 e. The second-order valence-electron chi connectivity index (χ2n) is 5.36. The summed E-state index contributed by atoms with van der Waals surface area (Å²) in [4.78, 5) is 6.83. The number of rotatable bonds is 2. The molecule has 1 aliphatic heterocycles. The summed E-state index contributed by atoms with van der Waals surface area (Å²) >= 11 is 5.82. The first kappa shape index (κ1) is 11.5. The highest BCUT2D eigenvalue weighted by molar-refractivity contribution is 6.29.